The van der Waals surface area contributed by atoms with E-state index in [1.807, 2.05) is 13.8 Å². The first-order valence-corrected chi connectivity index (χ1v) is 10.2. The fourth-order valence-corrected chi connectivity index (χ4v) is 2.70. The van der Waals surface area contributed by atoms with Crippen molar-refractivity contribution in [1.82, 2.24) is 0 Å². The molecule has 6 unspecified atom stereocenters. The van der Waals surface area contributed by atoms with Crippen molar-refractivity contribution in [3.8, 4) is 0 Å². The normalized spacial score (nSPS) is 17.9. The highest BCUT2D eigenvalue weighted by Gasteiger charge is 2.34. The second kappa shape index (κ2) is 14.7. The first kappa shape index (κ1) is 26.8. The van der Waals surface area contributed by atoms with E-state index >= 15 is 0 Å². The molecule has 8 heteroatoms. The Hall–Kier alpha value is -1.22. The van der Waals surface area contributed by atoms with Crippen LogP contribution in [0.1, 0.15) is 66.2 Å². The number of hydrogen-bond acceptors (Lipinski definition) is 8. The van der Waals surface area contributed by atoms with Gasteiger partial charge in [0.25, 0.3) is 0 Å². The predicted molar refractivity (Wildman–Crippen MR) is 103 cm³/mol. The van der Waals surface area contributed by atoms with Crippen LogP contribution in [0.15, 0.2) is 0 Å². The van der Waals surface area contributed by atoms with Crippen molar-refractivity contribution in [1.29, 1.82) is 0 Å². The largest absolute Gasteiger partial charge is 0.461 e. The van der Waals surface area contributed by atoms with Crippen LogP contribution in [0, 0.1) is 11.8 Å². The van der Waals surface area contributed by atoms with Gasteiger partial charge in [0.05, 0.1) is 12.2 Å². The third kappa shape index (κ3) is 10.4. The van der Waals surface area contributed by atoms with E-state index in [0.29, 0.717) is 25.7 Å². The topological polar surface area (TPSA) is 134 Å². The predicted octanol–water partition coefficient (Wildman–Crippen LogP) is 1.17. The van der Waals surface area contributed by atoms with Crippen molar-refractivity contribution < 1.29 is 39.5 Å². The number of ether oxygens (including phenoxy) is 2. The van der Waals surface area contributed by atoms with Crippen molar-refractivity contribution in [2.45, 2.75) is 90.6 Å². The smallest absolute Gasteiger partial charge is 0.338 e. The van der Waals surface area contributed by atoms with E-state index < -0.39 is 36.4 Å². The summed E-state index contributed by atoms with van der Waals surface area (Å²) in [6, 6.07) is 0. The van der Waals surface area contributed by atoms with E-state index in [0.717, 1.165) is 12.8 Å². The van der Waals surface area contributed by atoms with Crippen LogP contribution in [-0.4, -0.2) is 70.0 Å². The summed E-state index contributed by atoms with van der Waals surface area (Å²) < 4.78 is 10.1. The molecule has 0 aliphatic heterocycles. The average Bonchev–Trinajstić information content (AvgIpc) is 2.68. The van der Waals surface area contributed by atoms with Crippen molar-refractivity contribution in [3.05, 3.63) is 0 Å². The molecule has 0 saturated carbocycles. The molecule has 0 aromatic carbocycles. The lowest BCUT2D eigenvalue weighted by Gasteiger charge is -2.22. The molecule has 0 radical (unpaired) electrons. The summed E-state index contributed by atoms with van der Waals surface area (Å²) >= 11 is 0. The van der Waals surface area contributed by atoms with Crippen LogP contribution in [-0.2, 0) is 19.1 Å². The summed E-state index contributed by atoms with van der Waals surface area (Å²) in [6.07, 6.45) is -1.16. The maximum absolute atomic E-state index is 11.9. The molecule has 0 fully saturated rings. The Kier molecular flexibility index (Phi) is 14.1. The zero-order valence-corrected chi connectivity index (χ0v) is 17.5. The van der Waals surface area contributed by atoms with Crippen LogP contribution in [0.4, 0.5) is 0 Å². The number of aliphatic hydroxyl groups excluding tert-OH is 4. The van der Waals surface area contributed by atoms with Gasteiger partial charge < -0.3 is 29.9 Å². The Balaban J connectivity index is 4.40. The van der Waals surface area contributed by atoms with E-state index in [2.05, 4.69) is 0 Å². The Bertz CT molecular complexity index is 394. The summed E-state index contributed by atoms with van der Waals surface area (Å²) in [6.45, 7) is 7.31. The summed E-state index contributed by atoms with van der Waals surface area (Å²) in [5.74, 6) is -1.95. The van der Waals surface area contributed by atoms with Crippen molar-refractivity contribution >= 4 is 11.9 Å². The molecule has 0 amide bonds. The van der Waals surface area contributed by atoms with Gasteiger partial charge in [-0.05, 0) is 51.4 Å². The first-order chi connectivity index (χ1) is 13.2. The van der Waals surface area contributed by atoms with Gasteiger partial charge in [-0.3, -0.25) is 0 Å². The molecule has 0 heterocycles. The van der Waals surface area contributed by atoms with Gasteiger partial charge in [-0.2, -0.15) is 0 Å². The van der Waals surface area contributed by atoms with Crippen LogP contribution in [0.25, 0.3) is 0 Å². The van der Waals surface area contributed by atoms with Gasteiger partial charge in [-0.15, -0.1) is 0 Å². The number of carbonyl (C=O) groups is 2. The third-order valence-electron chi connectivity index (χ3n) is 5.05. The summed E-state index contributed by atoms with van der Waals surface area (Å²) in [7, 11) is 0. The lowest BCUT2D eigenvalue weighted by molar-refractivity contribution is -0.178. The standard InChI is InChI=1S/C20H38O8/c1-5-15(11-21)9-7-13(3)27-19(25)17(23)18(24)20(26)28-14(4)8-10-16(6-2)12-22/h13-18,21-24H,5-12H2,1-4H3. The summed E-state index contributed by atoms with van der Waals surface area (Å²) in [5.41, 5.74) is 0. The molecule has 6 atom stereocenters. The highest BCUT2D eigenvalue weighted by molar-refractivity contribution is 5.85. The number of carbonyl (C=O) groups excluding carboxylic acids is 2. The third-order valence-corrected chi connectivity index (χ3v) is 5.05. The van der Waals surface area contributed by atoms with Gasteiger partial charge in [0, 0.05) is 13.2 Å². The second-order valence-corrected chi connectivity index (χ2v) is 7.45. The average molecular weight is 407 g/mol. The number of rotatable bonds is 15. The Labute approximate surface area is 167 Å². The fraction of sp³-hybridized carbons (Fsp3) is 0.900. The Morgan fingerprint density at radius 1 is 0.714 bits per heavy atom. The molecule has 0 aromatic rings. The molecule has 0 bridgehead atoms. The molecule has 0 aliphatic rings. The minimum atomic E-state index is -2.03. The molecule has 8 nitrogen and oxygen atoms in total. The van der Waals surface area contributed by atoms with E-state index in [9.17, 15) is 19.8 Å². The van der Waals surface area contributed by atoms with Gasteiger partial charge in [0.2, 0.25) is 0 Å². The van der Waals surface area contributed by atoms with Crippen LogP contribution >= 0.6 is 0 Å². The van der Waals surface area contributed by atoms with Gasteiger partial charge in [0.1, 0.15) is 0 Å². The van der Waals surface area contributed by atoms with E-state index in [-0.39, 0.29) is 25.0 Å². The molecule has 0 aliphatic carbocycles. The second-order valence-electron chi connectivity index (χ2n) is 7.45. The van der Waals surface area contributed by atoms with Crippen LogP contribution in [0.5, 0.6) is 0 Å². The number of aliphatic hydroxyl groups is 4. The molecule has 28 heavy (non-hydrogen) atoms. The Morgan fingerprint density at radius 3 is 1.29 bits per heavy atom. The zero-order chi connectivity index (χ0) is 21.7. The van der Waals surface area contributed by atoms with Crippen molar-refractivity contribution in [2.75, 3.05) is 13.2 Å². The number of hydrogen-bond donors (Lipinski definition) is 4. The van der Waals surface area contributed by atoms with Crippen LogP contribution in [0.3, 0.4) is 0 Å². The SMILES string of the molecule is CCC(CO)CCC(C)OC(=O)C(O)C(O)C(=O)OC(C)CCC(CC)CO. The van der Waals surface area contributed by atoms with Gasteiger partial charge in [-0.25, -0.2) is 9.59 Å². The van der Waals surface area contributed by atoms with Crippen molar-refractivity contribution in [3.63, 3.8) is 0 Å². The Morgan fingerprint density at radius 2 is 1.04 bits per heavy atom. The molecule has 0 spiro atoms. The molecule has 0 rings (SSSR count). The first-order valence-electron chi connectivity index (χ1n) is 10.2. The summed E-state index contributed by atoms with van der Waals surface area (Å²) in [4.78, 5) is 23.9. The minimum absolute atomic E-state index is 0.0554. The van der Waals surface area contributed by atoms with Crippen LogP contribution < -0.4 is 0 Å². The monoisotopic (exact) mass is 406 g/mol. The molecule has 4 N–H and O–H groups in total. The molecule has 0 saturated heterocycles. The lowest BCUT2D eigenvalue weighted by atomic mass is 9.99. The maximum Gasteiger partial charge on any atom is 0.338 e. The van der Waals surface area contributed by atoms with Gasteiger partial charge in [-0.1, -0.05) is 26.7 Å². The number of esters is 2. The highest BCUT2D eigenvalue weighted by atomic mass is 16.6. The lowest BCUT2D eigenvalue weighted by Crippen LogP contribution is -2.43. The van der Waals surface area contributed by atoms with Gasteiger partial charge >= 0.3 is 11.9 Å². The van der Waals surface area contributed by atoms with E-state index in [1.165, 1.54) is 0 Å². The zero-order valence-electron chi connectivity index (χ0n) is 17.5. The van der Waals surface area contributed by atoms with Gasteiger partial charge in [0.15, 0.2) is 12.2 Å². The molecular weight excluding hydrogens is 368 g/mol. The van der Waals surface area contributed by atoms with E-state index in [1.54, 1.807) is 13.8 Å². The quantitative estimate of drug-likeness (QED) is 0.298. The summed E-state index contributed by atoms with van der Waals surface area (Å²) in [5, 5.41) is 38.1. The molecule has 166 valence electrons. The molecular formula is C20H38O8. The maximum atomic E-state index is 11.9. The highest BCUT2D eigenvalue weighted by Crippen LogP contribution is 2.16. The van der Waals surface area contributed by atoms with Crippen LogP contribution in [0.2, 0.25) is 0 Å². The van der Waals surface area contributed by atoms with E-state index in [4.69, 9.17) is 19.7 Å². The fourth-order valence-electron chi connectivity index (χ4n) is 2.70. The van der Waals surface area contributed by atoms with Crippen molar-refractivity contribution in [2.24, 2.45) is 11.8 Å². The minimum Gasteiger partial charge on any atom is -0.461 e. The molecule has 0 aromatic heterocycles.